The predicted molar refractivity (Wildman–Crippen MR) is 76.1 cm³/mol. The molecule has 0 aliphatic carbocycles. The Morgan fingerprint density at radius 3 is 2.00 bits per heavy atom. The molecular formula is C15H28N2O. The summed E-state index contributed by atoms with van der Waals surface area (Å²) in [5.74, 6) is 0.951. The summed E-state index contributed by atoms with van der Waals surface area (Å²) in [6, 6.07) is 0. The largest absolute Gasteiger partial charge is 0.478 e. The second-order valence-electron chi connectivity index (χ2n) is 7.84. The highest BCUT2D eigenvalue weighted by Gasteiger charge is 2.43. The monoisotopic (exact) mass is 252 g/mol. The standard InChI is InChI=1S/C15H28N2O/c1-13(2,3)12-16-15(11-18-12)7-9-17(10-8-15)14(4,5)6/h7-11H2,1-6H3. The van der Waals surface area contributed by atoms with Crippen molar-refractivity contribution in [1.82, 2.24) is 4.90 Å². The molecule has 0 saturated carbocycles. The molecule has 0 aromatic rings. The van der Waals surface area contributed by atoms with Crippen molar-refractivity contribution in [2.24, 2.45) is 10.4 Å². The Bertz CT molecular complexity index is 338. The highest BCUT2D eigenvalue weighted by Crippen LogP contribution is 2.36. The molecule has 3 heteroatoms. The summed E-state index contributed by atoms with van der Waals surface area (Å²) >= 11 is 0. The molecule has 0 N–H and O–H groups in total. The van der Waals surface area contributed by atoms with Gasteiger partial charge in [-0.25, -0.2) is 4.99 Å². The van der Waals surface area contributed by atoms with Crippen molar-refractivity contribution < 1.29 is 4.74 Å². The van der Waals surface area contributed by atoms with E-state index in [1.54, 1.807) is 0 Å². The minimum atomic E-state index is 0.0463. The maximum Gasteiger partial charge on any atom is 0.189 e. The van der Waals surface area contributed by atoms with Crippen molar-refractivity contribution in [2.45, 2.75) is 65.5 Å². The number of aliphatic imine (C=N–C) groups is 1. The third kappa shape index (κ3) is 2.71. The zero-order valence-corrected chi connectivity index (χ0v) is 12.8. The van der Waals surface area contributed by atoms with Gasteiger partial charge < -0.3 is 4.74 Å². The molecular weight excluding hydrogens is 224 g/mol. The van der Waals surface area contributed by atoms with Crippen LogP contribution in [0.15, 0.2) is 4.99 Å². The third-order valence-electron chi connectivity index (χ3n) is 4.10. The lowest BCUT2D eigenvalue weighted by atomic mass is 9.87. The first-order chi connectivity index (χ1) is 8.12. The molecule has 0 bridgehead atoms. The lowest BCUT2D eigenvalue weighted by molar-refractivity contribution is 0.0669. The van der Waals surface area contributed by atoms with E-state index in [0.717, 1.165) is 38.4 Å². The molecule has 1 saturated heterocycles. The number of nitrogens with zero attached hydrogens (tertiary/aromatic N) is 2. The zero-order valence-electron chi connectivity index (χ0n) is 12.8. The summed E-state index contributed by atoms with van der Waals surface area (Å²) in [6.45, 7) is 16.5. The summed E-state index contributed by atoms with van der Waals surface area (Å²) < 4.78 is 5.86. The first-order valence-electron chi connectivity index (χ1n) is 7.11. The normalized spacial score (nSPS) is 25.1. The van der Waals surface area contributed by atoms with Gasteiger partial charge in [-0.2, -0.15) is 0 Å². The molecule has 1 fully saturated rings. The van der Waals surface area contributed by atoms with E-state index in [4.69, 9.17) is 9.73 Å². The fourth-order valence-corrected chi connectivity index (χ4v) is 2.72. The number of ether oxygens (including phenoxy) is 1. The van der Waals surface area contributed by atoms with E-state index in [0.29, 0.717) is 0 Å². The van der Waals surface area contributed by atoms with Crippen molar-refractivity contribution in [2.75, 3.05) is 19.7 Å². The Morgan fingerprint density at radius 1 is 1.06 bits per heavy atom. The van der Waals surface area contributed by atoms with Gasteiger partial charge in [0, 0.05) is 24.0 Å². The van der Waals surface area contributed by atoms with E-state index in [1.165, 1.54) is 0 Å². The van der Waals surface area contributed by atoms with E-state index in [2.05, 4.69) is 46.4 Å². The molecule has 2 heterocycles. The van der Waals surface area contributed by atoms with Crippen molar-refractivity contribution in [3.05, 3.63) is 0 Å². The third-order valence-corrected chi connectivity index (χ3v) is 4.10. The molecule has 18 heavy (non-hydrogen) atoms. The predicted octanol–water partition coefficient (Wildman–Crippen LogP) is 3.09. The average Bonchev–Trinajstić information content (AvgIpc) is 2.61. The number of hydrogen-bond donors (Lipinski definition) is 0. The van der Waals surface area contributed by atoms with Gasteiger partial charge in [0.25, 0.3) is 0 Å². The zero-order chi connectivity index (χ0) is 13.6. The minimum Gasteiger partial charge on any atom is -0.478 e. The van der Waals surface area contributed by atoms with E-state index < -0.39 is 0 Å². The minimum absolute atomic E-state index is 0.0463. The lowest BCUT2D eigenvalue weighted by Gasteiger charge is -2.43. The van der Waals surface area contributed by atoms with E-state index in [1.807, 2.05) is 0 Å². The SMILES string of the molecule is CC(C)(C)C1=NC2(CCN(C(C)(C)C)CC2)CO1. The Balaban J connectivity index is 2.04. The molecule has 0 aromatic heterocycles. The molecule has 2 aliphatic heterocycles. The lowest BCUT2D eigenvalue weighted by Crippen LogP contribution is -2.51. The molecule has 2 rings (SSSR count). The molecule has 0 aromatic carbocycles. The maximum atomic E-state index is 5.86. The molecule has 3 nitrogen and oxygen atoms in total. The average molecular weight is 252 g/mol. The Labute approximate surface area is 112 Å². The van der Waals surface area contributed by atoms with Crippen molar-refractivity contribution >= 4 is 5.90 Å². The second kappa shape index (κ2) is 4.22. The quantitative estimate of drug-likeness (QED) is 0.662. The maximum absolute atomic E-state index is 5.86. The van der Waals surface area contributed by atoms with Crippen molar-refractivity contribution in [3.63, 3.8) is 0 Å². The van der Waals surface area contributed by atoms with Crippen LogP contribution in [0.2, 0.25) is 0 Å². The van der Waals surface area contributed by atoms with Crippen LogP contribution in [-0.2, 0) is 4.74 Å². The summed E-state index contributed by atoms with van der Waals surface area (Å²) in [4.78, 5) is 7.49. The summed E-state index contributed by atoms with van der Waals surface area (Å²) in [6.07, 6.45) is 2.26. The van der Waals surface area contributed by atoms with Crippen LogP contribution in [0.1, 0.15) is 54.4 Å². The molecule has 2 aliphatic rings. The Hall–Kier alpha value is -0.570. The second-order valence-corrected chi connectivity index (χ2v) is 7.84. The highest BCUT2D eigenvalue weighted by atomic mass is 16.5. The molecule has 0 amide bonds. The van der Waals surface area contributed by atoms with Gasteiger partial charge in [-0.05, 0) is 33.6 Å². The molecule has 0 radical (unpaired) electrons. The van der Waals surface area contributed by atoms with Gasteiger partial charge in [0.15, 0.2) is 5.90 Å². The van der Waals surface area contributed by atoms with E-state index >= 15 is 0 Å². The van der Waals surface area contributed by atoms with Crippen LogP contribution in [0.5, 0.6) is 0 Å². The van der Waals surface area contributed by atoms with Gasteiger partial charge >= 0.3 is 0 Å². The van der Waals surface area contributed by atoms with Crippen LogP contribution in [0.3, 0.4) is 0 Å². The van der Waals surface area contributed by atoms with Crippen LogP contribution in [-0.4, -0.2) is 41.6 Å². The van der Waals surface area contributed by atoms with Crippen molar-refractivity contribution in [1.29, 1.82) is 0 Å². The summed E-state index contributed by atoms with van der Waals surface area (Å²) in [5, 5.41) is 0. The summed E-state index contributed by atoms with van der Waals surface area (Å²) in [5.41, 5.74) is 0.396. The number of hydrogen-bond acceptors (Lipinski definition) is 3. The fourth-order valence-electron chi connectivity index (χ4n) is 2.72. The van der Waals surface area contributed by atoms with Crippen LogP contribution < -0.4 is 0 Å². The highest BCUT2D eigenvalue weighted by molar-refractivity contribution is 5.83. The van der Waals surface area contributed by atoms with E-state index in [9.17, 15) is 0 Å². The van der Waals surface area contributed by atoms with Gasteiger partial charge in [0.2, 0.25) is 0 Å². The molecule has 104 valence electrons. The number of rotatable bonds is 0. The van der Waals surface area contributed by atoms with Crippen LogP contribution in [0, 0.1) is 5.41 Å². The molecule has 0 atom stereocenters. The summed E-state index contributed by atoms with van der Waals surface area (Å²) in [7, 11) is 0. The van der Waals surface area contributed by atoms with Gasteiger partial charge in [0.05, 0.1) is 0 Å². The topological polar surface area (TPSA) is 24.8 Å². The van der Waals surface area contributed by atoms with Crippen LogP contribution >= 0.6 is 0 Å². The van der Waals surface area contributed by atoms with E-state index in [-0.39, 0.29) is 16.5 Å². The van der Waals surface area contributed by atoms with Gasteiger partial charge in [-0.1, -0.05) is 20.8 Å². The van der Waals surface area contributed by atoms with Gasteiger partial charge in [-0.3, -0.25) is 4.90 Å². The van der Waals surface area contributed by atoms with Crippen LogP contribution in [0.4, 0.5) is 0 Å². The Kier molecular flexibility index (Phi) is 3.25. The molecule has 0 unspecified atom stereocenters. The van der Waals surface area contributed by atoms with Crippen molar-refractivity contribution in [3.8, 4) is 0 Å². The number of piperidine rings is 1. The van der Waals surface area contributed by atoms with Gasteiger partial charge in [-0.15, -0.1) is 0 Å². The van der Waals surface area contributed by atoms with Crippen LogP contribution in [0.25, 0.3) is 0 Å². The Morgan fingerprint density at radius 2 is 1.61 bits per heavy atom. The molecule has 1 spiro atoms. The first-order valence-corrected chi connectivity index (χ1v) is 7.11. The number of likely N-dealkylation sites (tertiary alicyclic amines) is 1. The first kappa shape index (κ1) is 13.9. The van der Waals surface area contributed by atoms with Gasteiger partial charge in [0.1, 0.15) is 12.1 Å². The fraction of sp³-hybridized carbons (Fsp3) is 0.933. The smallest absolute Gasteiger partial charge is 0.189 e.